The second kappa shape index (κ2) is 4.08. The summed E-state index contributed by atoms with van der Waals surface area (Å²) in [5.41, 5.74) is -1.28. The predicted molar refractivity (Wildman–Crippen MR) is 74.1 cm³/mol. The fourth-order valence-corrected chi connectivity index (χ4v) is 4.74. The topological polar surface area (TPSA) is 55.8 Å². The number of rotatable bonds is 1. The summed E-state index contributed by atoms with van der Waals surface area (Å²) in [7, 11) is 1.67. The highest BCUT2D eigenvalue weighted by molar-refractivity contribution is 5.90. The Bertz CT molecular complexity index is 473. The molecule has 0 radical (unpaired) electrons. The van der Waals surface area contributed by atoms with Crippen molar-refractivity contribution in [2.75, 3.05) is 7.11 Å². The van der Waals surface area contributed by atoms with Crippen molar-refractivity contribution in [2.24, 2.45) is 11.3 Å². The van der Waals surface area contributed by atoms with Crippen LogP contribution in [0.25, 0.3) is 0 Å². The first-order chi connectivity index (χ1) is 9.26. The van der Waals surface area contributed by atoms with E-state index in [1.807, 2.05) is 6.92 Å². The largest absolute Gasteiger partial charge is 0.458 e. The van der Waals surface area contributed by atoms with Crippen LogP contribution >= 0.6 is 0 Å². The number of carbonyl (C=O) groups is 1. The van der Waals surface area contributed by atoms with E-state index < -0.39 is 11.2 Å². The molecule has 0 amide bonds. The van der Waals surface area contributed by atoms with Crippen molar-refractivity contribution in [3.8, 4) is 0 Å². The second-order valence-electron chi connectivity index (χ2n) is 7.19. The first kappa shape index (κ1) is 14.1. The Morgan fingerprint density at radius 3 is 2.70 bits per heavy atom. The summed E-state index contributed by atoms with van der Waals surface area (Å²) < 4.78 is 11.2. The zero-order chi connectivity index (χ0) is 14.8. The van der Waals surface area contributed by atoms with Gasteiger partial charge in [-0.15, -0.1) is 0 Å². The Labute approximate surface area is 120 Å². The summed E-state index contributed by atoms with van der Waals surface area (Å²) in [5.74, 6) is -0.377. The molecule has 5 atom stereocenters. The van der Waals surface area contributed by atoms with Gasteiger partial charge in [-0.3, -0.25) is 0 Å². The SMILES string of the molecule is C=C1C(=O)OC2CC3(C)CCCC(C)(OC)C3(O)CC12. The monoisotopic (exact) mass is 280 g/mol. The summed E-state index contributed by atoms with van der Waals surface area (Å²) in [6, 6.07) is 0. The van der Waals surface area contributed by atoms with Gasteiger partial charge in [-0.2, -0.15) is 0 Å². The van der Waals surface area contributed by atoms with Gasteiger partial charge in [0.2, 0.25) is 0 Å². The van der Waals surface area contributed by atoms with Crippen LogP contribution in [0.1, 0.15) is 46.0 Å². The normalized spacial score (nSPS) is 51.4. The standard InChI is InChI=1S/C16H24O4/c1-10-11-8-16(18)14(2,9-12(11)20-13(10)17)6-5-7-15(16,3)19-4/h11-12,18H,1,5-9H2,2-4H3. The molecule has 4 nitrogen and oxygen atoms in total. The summed E-state index contributed by atoms with van der Waals surface area (Å²) in [6.07, 6.45) is 3.87. The van der Waals surface area contributed by atoms with E-state index in [2.05, 4.69) is 13.5 Å². The van der Waals surface area contributed by atoms with Gasteiger partial charge in [0.1, 0.15) is 6.10 Å². The van der Waals surface area contributed by atoms with Crippen LogP contribution in [0.15, 0.2) is 12.2 Å². The zero-order valence-corrected chi connectivity index (χ0v) is 12.6. The molecule has 0 aromatic heterocycles. The Balaban J connectivity index is 2.03. The Morgan fingerprint density at radius 1 is 1.35 bits per heavy atom. The van der Waals surface area contributed by atoms with Crippen molar-refractivity contribution < 1.29 is 19.4 Å². The highest BCUT2D eigenvalue weighted by Crippen LogP contribution is 2.61. The lowest BCUT2D eigenvalue weighted by atomic mass is 9.49. The molecule has 0 aromatic carbocycles. The molecule has 112 valence electrons. The van der Waals surface area contributed by atoms with Crippen molar-refractivity contribution in [3.63, 3.8) is 0 Å². The fraction of sp³-hybridized carbons (Fsp3) is 0.812. The molecule has 2 aliphatic carbocycles. The van der Waals surface area contributed by atoms with Gasteiger partial charge < -0.3 is 14.6 Å². The molecule has 20 heavy (non-hydrogen) atoms. The number of fused-ring (bicyclic) bond motifs is 2. The molecule has 1 aliphatic heterocycles. The summed E-state index contributed by atoms with van der Waals surface area (Å²) >= 11 is 0. The molecule has 3 rings (SSSR count). The number of ether oxygens (including phenoxy) is 2. The minimum absolute atomic E-state index is 0.0758. The molecule has 5 unspecified atom stereocenters. The highest BCUT2D eigenvalue weighted by Gasteiger charge is 2.66. The number of hydrogen-bond acceptors (Lipinski definition) is 4. The summed E-state index contributed by atoms with van der Waals surface area (Å²) in [5, 5.41) is 11.5. The number of aliphatic hydroxyl groups is 1. The molecule has 3 fully saturated rings. The number of esters is 1. The van der Waals surface area contributed by atoms with E-state index in [0.717, 1.165) is 19.3 Å². The van der Waals surface area contributed by atoms with E-state index in [4.69, 9.17) is 9.47 Å². The maximum Gasteiger partial charge on any atom is 0.334 e. The second-order valence-corrected chi connectivity index (χ2v) is 7.19. The van der Waals surface area contributed by atoms with Crippen LogP contribution in [-0.2, 0) is 14.3 Å². The molecule has 1 saturated heterocycles. The molecular weight excluding hydrogens is 256 g/mol. The van der Waals surface area contributed by atoms with Crippen LogP contribution in [0.5, 0.6) is 0 Å². The van der Waals surface area contributed by atoms with Crippen molar-refractivity contribution in [2.45, 2.75) is 63.3 Å². The van der Waals surface area contributed by atoms with Crippen molar-refractivity contribution >= 4 is 5.97 Å². The first-order valence-electron chi connectivity index (χ1n) is 7.44. The van der Waals surface area contributed by atoms with Gasteiger partial charge in [-0.05, 0) is 39.0 Å². The number of methoxy groups -OCH3 is 1. The van der Waals surface area contributed by atoms with Gasteiger partial charge in [0.15, 0.2) is 0 Å². The lowest BCUT2D eigenvalue weighted by Crippen LogP contribution is -2.68. The van der Waals surface area contributed by atoms with Gasteiger partial charge >= 0.3 is 5.97 Å². The Kier molecular flexibility index (Phi) is 2.87. The van der Waals surface area contributed by atoms with E-state index in [0.29, 0.717) is 18.4 Å². The average Bonchev–Trinajstić information content (AvgIpc) is 2.64. The van der Waals surface area contributed by atoms with Gasteiger partial charge in [-0.25, -0.2) is 4.79 Å². The van der Waals surface area contributed by atoms with Gasteiger partial charge in [0.05, 0.1) is 11.2 Å². The third kappa shape index (κ3) is 1.52. The maximum absolute atomic E-state index is 11.8. The van der Waals surface area contributed by atoms with Crippen molar-refractivity contribution in [3.05, 3.63) is 12.2 Å². The smallest absolute Gasteiger partial charge is 0.334 e. The third-order valence-corrected chi connectivity index (χ3v) is 6.29. The minimum Gasteiger partial charge on any atom is -0.458 e. The number of hydrogen-bond donors (Lipinski definition) is 1. The minimum atomic E-state index is -0.939. The molecule has 0 spiro atoms. The molecule has 2 saturated carbocycles. The zero-order valence-electron chi connectivity index (χ0n) is 12.6. The van der Waals surface area contributed by atoms with Crippen molar-refractivity contribution in [1.29, 1.82) is 0 Å². The lowest BCUT2D eigenvalue weighted by Gasteiger charge is -2.61. The van der Waals surface area contributed by atoms with Crippen LogP contribution in [0.3, 0.4) is 0 Å². The fourth-order valence-electron chi connectivity index (χ4n) is 4.74. The van der Waals surface area contributed by atoms with E-state index in [1.54, 1.807) is 7.11 Å². The number of carbonyl (C=O) groups excluding carboxylic acids is 1. The molecule has 3 aliphatic rings. The lowest BCUT2D eigenvalue weighted by molar-refractivity contribution is -0.268. The third-order valence-electron chi connectivity index (χ3n) is 6.29. The van der Waals surface area contributed by atoms with Crippen LogP contribution in [0, 0.1) is 11.3 Å². The van der Waals surface area contributed by atoms with Crippen LogP contribution in [0.2, 0.25) is 0 Å². The first-order valence-corrected chi connectivity index (χ1v) is 7.44. The molecule has 0 aromatic rings. The highest BCUT2D eigenvalue weighted by atomic mass is 16.6. The summed E-state index contributed by atoms with van der Waals surface area (Å²) in [4.78, 5) is 11.8. The molecule has 4 heteroatoms. The van der Waals surface area contributed by atoms with E-state index >= 15 is 0 Å². The maximum atomic E-state index is 11.8. The molecule has 0 bridgehead atoms. The Morgan fingerprint density at radius 2 is 2.05 bits per heavy atom. The molecule has 1 N–H and O–H groups in total. The molecule has 1 heterocycles. The van der Waals surface area contributed by atoms with Gasteiger partial charge in [-0.1, -0.05) is 13.5 Å². The van der Waals surface area contributed by atoms with Gasteiger partial charge in [0.25, 0.3) is 0 Å². The van der Waals surface area contributed by atoms with E-state index in [9.17, 15) is 9.90 Å². The quantitative estimate of drug-likeness (QED) is 0.591. The van der Waals surface area contributed by atoms with Crippen LogP contribution in [-0.4, -0.2) is 35.5 Å². The van der Waals surface area contributed by atoms with Gasteiger partial charge in [0, 0.05) is 24.0 Å². The van der Waals surface area contributed by atoms with E-state index in [1.165, 1.54) is 0 Å². The van der Waals surface area contributed by atoms with E-state index in [-0.39, 0.29) is 23.4 Å². The van der Waals surface area contributed by atoms with Crippen LogP contribution in [0.4, 0.5) is 0 Å². The Hall–Kier alpha value is -0.870. The van der Waals surface area contributed by atoms with Crippen molar-refractivity contribution in [1.82, 2.24) is 0 Å². The molecular formula is C16H24O4. The summed E-state index contributed by atoms with van der Waals surface area (Å²) in [6.45, 7) is 7.96. The predicted octanol–water partition coefficient (Wildman–Crippen LogP) is 2.20. The van der Waals surface area contributed by atoms with Crippen LogP contribution < -0.4 is 0 Å². The average molecular weight is 280 g/mol.